The molecule has 1 N–H and O–H groups in total. The minimum absolute atomic E-state index is 0.0357. The monoisotopic (exact) mass is 628 g/mol. The largest absolute Gasteiger partial charge is 0.506 e. The molecule has 7 rings (SSSR count). The average Bonchev–Trinajstić information content (AvgIpc) is 3.13. The SMILES string of the molecule is C/C=C/CC12OC(C)(C)C3CC(C=C4C(=O)c5c(O)c6c(c(CC=C(C)C)c5OC431)O[C@](C)(CCC=C(C)C)C=C6)C2=O.O=C=O. The highest BCUT2D eigenvalue weighted by Gasteiger charge is 2.81. The van der Waals surface area contributed by atoms with E-state index in [0.29, 0.717) is 47.5 Å². The number of allylic oxidation sites excluding steroid dienone is 6. The third-order valence-corrected chi connectivity index (χ3v) is 10.1. The van der Waals surface area contributed by atoms with Crippen LogP contribution in [0.15, 0.2) is 53.2 Å². The zero-order valence-corrected chi connectivity index (χ0v) is 28.0. The Labute approximate surface area is 270 Å². The summed E-state index contributed by atoms with van der Waals surface area (Å²) < 4.78 is 20.7. The van der Waals surface area contributed by atoms with Crippen LogP contribution in [0.3, 0.4) is 0 Å². The van der Waals surface area contributed by atoms with Crippen molar-refractivity contribution in [3.63, 3.8) is 0 Å². The van der Waals surface area contributed by atoms with Crippen molar-refractivity contribution in [2.24, 2.45) is 11.8 Å². The molecular weight excluding hydrogens is 584 g/mol. The molecule has 1 aromatic rings. The van der Waals surface area contributed by atoms with E-state index in [2.05, 4.69) is 26.0 Å². The van der Waals surface area contributed by atoms with E-state index in [9.17, 15) is 14.7 Å². The second-order valence-corrected chi connectivity index (χ2v) is 14.2. The molecule has 1 saturated carbocycles. The first kappa shape index (κ1) is 33.4. The maximum atomic E-state index is 14.6. The summed E-state index contributed by atoms with van der Waals surface area (Å²) in [5.41, 5.74) is 0.177. The first-order valence-corrected chi connectivity index (χ1v) is 16.0. The quantitative estimate of drug-likeness (QED) is 0.315. The van der Waals surface area contributed by atoms with Gasteiger partial charge in [0.2, 0.25) is 0 Å². The fourth-order valence-electron chi connectivity index (χ4n) is 8.07. The van der Waals surface area contributed by atoms with Crippen LogP contribution in [0.25, 0.3) is 6.08 Å². The molecule has 0 aromatic heterocycles. The van der Waals surface area contributed by atoms with E-state index in [-0.39, 0.29) is 34.9 Å². The minimum atomic E-state index is -1.34. The Morgan fingerprint density at radius 3 is 2.35 bits per heavy atom. The number of phenolic OH excluding ortho intramolecular Hbond substituents is 1. The zero-order valence-electron chi connectivity index (χ0n) is 28.0. The average molecular weight is 629 g/mol. The van der Waals surface area contributed by atoms with Gasteiger partial charge in [-0.3, -0.25) is 9.59 Å². The number of phenols is 1. The van der Waals surface area contributed by atoms with Crippen molar-refractivity contribution < 1.29 is 38.5 Å². The summed E-state index contributed by atoms with van der Waals surface area (Å²) in [5, 5.41) is 11.7. The van der Waals surface area contributed by atoms with Crippen molar-refractivity contribution in [1.29, 1.82) is 0 Å². The van der Waals surface area contributed by atoms with Gasteiger partial charge in [-0.1, -0.05) is 41.5 Å². The molecule has 244 valence electrons. The number of rotatable bonds is 7. The smallest absolute Gasteiger partial charge is 0.373 e. The molecule has 2 fully saturated rings. The molecule has 1 saturated heterocycles. The Morgan fingerprint density at radius 1 is 1.04 bits per heavy atom. The van der Waals surface area contributed by atoms with Crippen molar-refractivity contribution in [3.8, 4) is 17.2 Å². The predicted octanol–water partition coefficient (Wildman–Crippen LogP) is 7.20. The van der Waals surface area contributed by atoms with Gasteiger partial charge in [0.15, 0.2) is 22.8 Å². The van der Waals surface area contributed by atoms with Crippen molar-refractivity contribution in [2.45, 2.75) is 110 Å². The summed E-state index contributed by atoms with van der Waals surface area (Å²) in [7, 11) is 0. The van der Waals surface area contributed by atoms with Crippen LogP contribution in [-0.4, -0.2) is 45.2 Å². The van der Waals surface area contributed by atoms with Crippen molar-refractivity contribution in [3.05, 3.63) is 69.9 Å². The number of carbonyl (C=O) groups excluding carboxylic acids is 4. The van der Waals surface area contributed by atoms with Crippen molar-refractivity contribution in [2.75, 3.05) is 0 Å². The van der Waals surface area contributed by atoms with Gasteiger partial charge in [-0.15, -0.1) is 0 Å². The van der Waals surface area contributed by atoms with Gasteiger partial charge in [0.25, 0.3) is 0 Å². The second-order valence-electron chi connectivity index (χ2n) is 14.2. The number of ether oxygens (including phenoxy) is 3. The Morgan fingerprint density at radius 2 is 1.72 bits per heavy atom. The lowest BCUT2D eigenvalue weighted by atomic mass is 9.51. The Hall–Kier alpha value is -4.00. The number of Topliss-reactive ketones (excluding diaryl/α,β-unsaturated/α-hetero) is 2. The molecule has 3 heterocycles. The van der Waals surface area contributed by atoms with Gasteiger partial charge in [0.05, 0.1) is 11.2 Å². The number of aromatic hydroxyl groups is 1. The molecule has 4 bridgehead atoms. The number of hydrogen-bond acceptors (Lipinski definition) is 8. The lowest BCUT2D eigenvalue weighted by molar-refractivity contribution is -0.191. The summed E-state index contributed by atoms with van der Waals surface area (Å²) in [6.07, 6.45) is 16.9. The number of hydrogen-bond donors (Lipinski definition) is 1. The summed E-state index contributed by atoms with van der Waals surface area (Å²) >= 11 is 0. The minimum Gasteiger partial charge on any atom is -0.506 e. The maximum Gasteiger partial charge on any atom is 0.373 e. The summed E-state index contributed by atoms with van der Waals surface area (Å²) in [6.45, 7) is 16.2. The lowest BCUT2D eigenvalue weighted by Crippen LogP contribution is -2.72. The molecule has 3 aliphatic heterocycles. The van der Waals surface area contributed by atoms with Crippen LogP contribution in [0, 0.1) is 11.8 Å². The Balaban J connectivity index is 0.00000134. The van der Waals surface area contributed by atoms with Gasteiger partial charge in [0.1, 0.15) is 28.4 Å². The predicted molar refractivity (Wildman–Crippen MR) is 173 cm³/mol. The number of carbonyl (C=O) groups is 2. The van der Waals surface area contributed by atoms with Crippen LogP contribution in [0.2, 0.25) is 0 Å². The zero-order chi connectivity index (χ0) is 33.8. The molecule has 46 heavy (non-hydrogen) atoms. The summed E-state index contributed by atoms with van der Waals surface area (Å²) in [4.78, 5) is 45.1. The van der Waals surface area contributed by atoms with Crippen molar-refractivity contribution in [1.82, 2.24) is 0 Å². The molecule has 0 radical (unpaired) electrons. The van der Waals surface area contributed by atoms with E-state index >= 15 is 0 Å². The molecule has 1 aromatic carbocycles. The molecule has 6 aliphatic rings. The van der Waals surface area contributed by atoms with Gasteiger partial charge in [-0.2, -0.15) is 9.59 Å². The summed E-state index contributed by atoms with van der Waals surface area (Å²) in [5.74, 6) is -0.296. The molecule has 1 spiro atoms. The second kappa shape index (κ2) is 11.7. The first-order valence-electron chi connectivity index (χ1n) is 16.0. The molecular formula is C38H44O8. The Bertz CT molecular complexity index is 1670. The normalized spacial score (nSPS) is 30.5. The van der Waals surface area contributed by atoms with Gasteiger partial charge in [-0.25, -0.2) is 0 Å². The molecule has 8 nitrogen and oxygen atoms in total. The number of benzene rings is 1. The molecule has 5 atom stereocenters. The highest BCUT2D eigenvalue weighted by molar-refractivity contribution is 6.19. The third-order valence-electron chi connectivity index (χ3n) is 10.1. The topological polar surface area (TPSA) is 116 Å². The van der Waals surface area contributed by atoms with Gasteiger partial charge in [-0.05, 0) is 93.2 Å². The standard InChI is InChI=1S/C37H44O6.CO2/c1-9-10-17-36-33(40)23-19-26-30(39)28-29(38)24-15-18-35(8,16-11-12-21(2)3)41-31(24)25(14-13-22(4)5)32(28)42-37(26,36)27(20-23)34(6,7)43-36;2-1-3/h9-10,12-13,15,18-19,23,27,38H,11,14,16-17,20H2,1-8H3;/b10-9+;/t23?,27?,35-,36?,37?;/m1./s1. The summed E-state index contributed by atoms with van der Waals surface area (Å²) in [6, 6.07) is 0. The third kappa shape index (κ3) is 4.85. The lowest BCUT2D eigenvalue weighted by Gasteiger charge is -2.56. The molecule has 4 unspecified atom stereocenters. The van der Waals surface area contributed by atoms with E-state index in [1.165, 1.54) is 5.57 Å². The number of fused-ring (bicyclic) bond motifs is 2. The van der Waals surface area contributed by atoms with E-state index in [1.54, 1.807) is 6.08 Å². The highest BCUT2D eigenvalue weighted by Crippen LogP contribution is 2.68. The molecule has 3 aliphatic carbocycles. The molecule has 8 heteroatoms. The van der Waals surface area contributed by atoms with Crippen LogP contribution in [0.1, 0.15) is 103 Å². The first-order chi connectivity index (χ1) is 21.6. The van der Waals surface area contributed by atoms with Crippen LogP contribution in [0.4, 0.5) is 0 Å². The van der Waals surface area contributed by atoms with Gasteiger partial charge in [0, 0.05) is 29.4 Å². The van der Waals surface area contributed by atoms with E-state index in [1.807, 2.05) is 65.8 Å². The van der Waals surface area contributed by atoms with Crippen LogP contribution < -0.4 is 9.47 Å². The van der Waals surface area contributed by atoms with Gasteiger partial charge < -0.3 is 19.3 Å². The van der Waals surface area contributed by atoms with Crippen LogP contribution >= 0.6 is 0 Å². The van der Waals surface area contributed by atoms with Crippen molar-refractivity contribution >= 4 is 23.8 Å². The molecule has 0 amide bonds. The van der Waals surface area contributed by atoms with E-state index in [4.69, 9.17) is 23.8 Å². The maximum absolute atomic E-state index is 14.6. The van der Waals surface area contributed by atoms with E-state index in [0.717, 1.165) is 18.4 Å². The number of ketones is 2. The van der Waals surface area contributed by atoms with Crippen LogP contribution in [0.5, 0.6) is 17.2 Å². The highest BCUT2D eigenvalue weighted by atomic mass is 16.6. The fraction of sp³-hybridized carbons (Fsp3) is 0.500. The fourth-order valence-corrected chi connectivity index (χ4v) is 8.07. The van der Waals surface area contributed by atoms with Gasteiger partial charge >= 0.3 is 6.15 Å². The Kier molecular flexibility index (Phi) is 8.46. The van der Waals surface area contributed by atoms with Crippen LogP contribution in [-0.2, 0) is 25.5 Å². The van der Waals surface area contributed by atoms with E-state index < -0.39 is 28.3 Å².